The Morgan fingerprint density at radius 3 is 2.79 bits per heavy atom. The Bertz CT molecular complexity index is 448. The molecular weight excluding hydrogens is 242 g/mol. The monoisotopic (exact) mass is 261 g/mol. The van der Waals surface area contributed by atoms with E-state index >= 15 is 0 Å². The van der Waals surface area contributed by atoms with Crippen LogP contribution in [0.5, 0.6) is 0 Å². The highest BCUT2D eigenvalue weighted by molar-refractivity contribution is 5.69. The van der Waals surface area contributed by atoms with E-state index in [1.165, 1.54) is 0 Å². The molecule has 0 aromatic heterocycles. The Kier molecular flexibility index (Phi) is 3.42. The van der Waals surface area contributed by atoms with Gasteiger partial charge in [-0.15, -0.1) is 0 Å². The van der Waals surface area contributed by atoms with Gasteiger partial charge < -0.3 is 14.7 Å². The third-order valence-corrected chi connectivity index (χ3v) is 4.32. The smallest absolute Gasteiger partial charge is 0.410 e. The van der Waals surface area contributed by atoms with Crippen LogP contribution < -0.4 is 0 Å². The molecule has 2 fully saturated rings. The van der Waals surface area contributed by atoms with E-state index in [4.69, 9.17) is 4.74 Å². The van der Waals surface area contributed by atoms with Gasteiger partial charge in [-0.3, -0.25) is 0 Å². The molecule has 1 aromatic rings. The molecule has 1 aromatic carbocycles. The average molecular weight is 261 g/mol. The molecule has 4 nitrogen and oxygen atoms in total. The van der Waals surface area contributed by atoms with Crippen molar-refractivity contribution in [1.82, 2.24) is 4.90 Å². The number of ether oxygens (including phenoxy) is 1. The van der Waals surface area contributed by atoms with Crippen LogP contribution in [0.2, 0.25) is 0 Å². The van der Waals surface area contributed by atoms with Crippen LogP contribution in [0, 0.1) is 5.92 Å². The van der Waals surface area contributed by atoms with Crippen molar-refractivity contribution in [1.29, 1.82) is 0 Å². The molecule has 2 saturated heterocycles. The minimum absolute atomic E-state index is 0.170. The fourth-order valence-electron chi connectivity index (χ4n) is 3.39. The lowest BCUT2D eigenvalue weighted by Crippen LogP contribution is -2.37. The van der Waals surface area contributed by atoms with Gasteiger partial charge in [-0.1, -0.05) is 30.3 Å². The van der Waals surface area contributed by atoms with Crippen molar-refractivity contribution in [2.24, 2.45) is 5.92 Å². The zero-order chi connectivity index (χ0) is 13.2. The maximum absolute atomic E-state index is 12.2. The summed E-state index contributed by atoms with van der Waals surface area (Å²) in [5, 5.41) is 9.32. The molecule has 2 heterocycles. The summed E-state index contributed by atoms with van der Waals surface area (Å²) < 4.78 is 5.39. The Morgan fingerprint density at radius 1 is 1.32 bits per heavy atom. The molecule has 3 rings (SSSR count). The molecule has 2 aliphatic heterocycles. The molecule has 102 valence electrons. The van der Waals surface area contributed by atoms with Gasteiger partial charge in [-0.2, -0.15) is 0 Å². The van der Waals surface area contributed by atoms with Crippen molar-refractivity contribution in [3.05, 3.63) is 35.9 Å². The zero-order valence-corrected chi connectivity index (χ0v) is 10.9. The van der Waals surface area contributed by atoms with E-state index in [1.54, 1.807) is 0 Å². The molecule has 4 heteroatoms. The summed E-state index contributed by atoms with van der Waals surface area (Å²) in [5.74, 6) is 0.239. The number of hydrogen-bond acceptors (Lipinski definition) is 3. The molecule has 2 bridgehead atoms. The van der Waals surface area contributed by atoms with Gasteiger partial charge in [0.1, 0.15) is 6.61 Å². The molecule has 0 spiro atoms. The van der Waals surface area contributed by atoms with Crippen molar-refractivity contribution < 1.29 is 14.6 Å². The lowest BCUT2D eigenvalue weighted by molar-refractivity contribution is 0.0858. The van der Waals surface area contributed by atoms with E-state index in [2.05, 4.69) is 0 Å². The van der Waals surface area contributed by atoms with Crippen LogP contribution in [-0.4, -0.2) is 34.8 Å². The van der Waals surface area contributed by atoms with E-state index in [0.29, 0.717) is 6.61 Å². The van der Waals surface area contributed by atoms with Crippen LogP contribution in [0.15, 0.2) is 30.3 Å². The van der Waals surface area contributed by atoms with Crippen LogP contribution in [-0.2, 0) is 11.3 Å². The van der Waals surface area contributed by atoms with Crippen molar-refractivity contribution in [2.75, 3.05) is 6.61 Å². The van der Waals surface area contributed by atoms with Gasteiger partial charge in [-0.25, -0.2) is 4.79 Å². The molecule has 2 aliphatic rings. The fraction of sp³-hybridized carbons (Fsp3) is 0.533. The lowest BCUT2D eigenvalue weighted by atomic mass is 9.90. The lowest BCUT2D eigenvalue weighted by Gasteiger charge is -2.23. The SMILES string of the molecule is O=C(OCc1ccccc1)N1[C@@H]2CC[C@H]1[C@H](CO)C2. The van der Waals surface area contributed by atoms with Crippen LogP contribution in [0.1, 0.15) is 24.8 Å². The number of aliphatic hydroxyl groups excluding tert-OH is 1. The molecule has 0 aliphatic carbocycles. The summed E-state index contributed by atoms with van der Waals surface area (Å²) in [7, 11) is 0. The van der Waals surface area contributed by atoms with Crippen molar-refractivity contribution >= 4 is 6.09 Å². The molecule has 0 saturated carbocycles. The second-order valence-corrected chi connectivity index (χ2v) is 5.42. The topological polar surface area (TPSA) is 49.8 Å². The predicted molar refractivity (Wildman–Crippen MR) is 70.5 cm³/mol. The summed E-state index contributed by atoms with van der Waals surface area (Å²) in [4.78, 5) is 14.0. The summed E-state index contributed by atoms with van der Waals surface area (Å²) in [6.07, 6.45) is 2.73. The number of rotatable bonds is 3. The number of fused-ring (bicyclic) bond motifs is 2. The highest BCUT2D eigenvalue weighted by atomic mass is 16.6. The Balaban J connectivity index is 1.59. The van der Waals surface area contributed by atoms with Gasteiger partial charge in [0.15, 0.2) is 0 Å². The van der Waals surface area contributed by atoms with Crippen molar-refractivity contribution in [3.63, 3.8) is 0 Å². The number of amides is 1. The summed E-state index contributed by atoms with van der Waals surface area (Å²) >= 11 is 0. The first-order valence-corrected chi connectivity index (χ1v) is 6.89. The highest BCUT2D eigenvalue weighted by Crippen LogP contribution is 2.41. The third kappa shape index (κ3) is 2.32. The molecule has 0 radical (unpaired) electrons. The van der Waals surface area contributed by atoms with Gasteiger partial charge in [0.05, 0.1) is 0 Å². The largest absolute Gasteiger partial charge is 0.445 e. The minimum Gasteiger partial charge on any atom is -0.445 e. The van der Waals surface area contributed by atoms with Crippen LogP contribution >= 0.6 is 0 Å². The fourth-order valence-corrected chi connectivity index (χ4v) is 3.39. The van der Waals surface area contributed by atoms with Gasteiger partial charge in [0.2, 0.25) is 0 Å². The number of nitrogens with zero attached hydrogens (tertiary/aromatic N) is 1. The van der Waals surface area contributed by atoms with Crippen molar-refractivity contribution in [2.45, 2.75) is 38.0 Å². The first-order valence-electron chi connectivity index (χ1n) is 6.89. The molecule has 3 atom stereocenters. The van der Waals surface area contributed by atoms with E-state index < -0.39 is 0 Å². The van der Waals surface area contributed by atoms with Crippen LogP contribution in [0.3, 0.4) is 0 Å². The maximum Gasteiger partial charge on any atom is 0.410 e. The number of aliphatic hydroxyl groups is 1. The molecule has 1 amide bonds. The second-order valence-electron chi connectivity index (χ2n) is 5.42. The zero-order valence-electron chi connectivity index (χ0n) is 10.9. The van der Waals surface area contributed by atoms with Gasteiger partial charge in [-0.05, 0) is 24.8 Å². The van der Waals surface area contributed by atoms with Crippen LogP contribution in [0.4, 0.5) is 4.79 Å². The second kappa shape index (κ2) is 5.21. The van der Waals surface area contributed by atoms with Gasteiger partial charge >= 0.3 is 6.09 Å². The first-order chi connectivity index (χ1) is 9.29. The highest BCUT2D eigenvalue weighted by Gasteiger charge is 2.48. The maximum atomic E-state index is 12.2. The van der Waals surface area contributed by atoms with E-state index in [9.17, 15) is 9.90 Å². The molecular formula is C15H19NO3. The summed E-state index contributed by atoms with van der Waals surface area (Å²) in [5.41, 5.74) is 1.00. The summed E-state index contributed by atoms with van der Waals surface area (Å²) in [6, 6.07) is 10.2. The third-order valence-electron chi connectivity index (χ3n) is 4.32. The number of benzene rings is 1. The van der Waals surface area contributed by atoms with E-state index in [0.717, 1.165) is 24.8 Å². The molecule has 0 unspecified atom stereocenters. The van der Waals surface area contributed by atoms with Gasteiger partial charge in [0, 0.05) is 24.6 Å². The van der Waals surface area contributed by atoms with E-state index in [1.807, 2.05) is 35.2 Å². The number of carbonyl (C=O) groups is 1. The van der Waals surface area contributed by atoms with E-state index in [-0.39, 0.29) is 30.7 Å². The number of hydrogen-bond donors (Lipinski definition) is 1. The number of carbonyl (C=O) groups excluding carboxylic acids is 1. The predicted octanol–water partition coefficient (Wildman–Crippen LogP) is 2.17. The van der Waals surface area contributed by atoms with Crippen molar-refractivity contribution in [3.8, 4) is 0 Å². The Labute approximate surface area is 113 Å². The Morgan fingerprint density at radius 2 is 2.11 bits per heavy atom. The normalized spacial score (nSPS) is 28.7. The first kappa shape index (κ1) is 12.5. The summed E-state index contributed by atoms with van der Waals surface area (Å²) in [6.45, 7) is 0.489. The standard InChI is InChI=1S/C15H19NO3/c17-9-12-8-13-6-7-14(12)16(13)15(18)19-10-11-4-2-1-3-5-11/h1-5,12-14,17H,6-10H2/t12-,13+,14-/m0/s1. The van der Waals surface area contributed by atoms with Crippen LogP contribution in [0.25, 0.3) is 0 Å². The van der Waals surface area contributed by atoms with Gasteiger partial charge in [0.25, 0.3) is 0 Å². The minimum atomic E-state index is -0.229. The quantitative estimate of drug-likeness (QED) is 0.907. The Hall–Kier alpha value is -1.55. The average Bonchev–Trinajstić information content (AvgIpc) is 3.03. The molecule has 1 N–H and O–H groups in total. The molecule has 19 heavy (non-hydrogen) atoms.